The number of hydrogen-bond acceptors (Lipinski definition) is 3. The minimum absolute atomic E-state index is 0.0193. The third-order valence-electron chi connectivity index (χ3n) is 3.18. The van der Waals surface area contributed by atoms with E-state index >= 15 is 0 Å². The fraction of sp³-hybridized carbons (Fsp3) is 0.333. The van der Waals surface area contributed by atoms with Crippen LogP contribution in [0.25, 0.3) is 0 Å². The van der Waals surface area contributed by atoms with Crippen LogP contribution in [0.15, 0.2) is 24.3 Å². The highest BCUT2D eigenvalue weighted by Gasteiger charge is 2.09. The number of ether oxygens (including phenoxy) is 1. The molecule has 1 heterocycles. The molecule has 0 aliphatic rings. The van der Waals surface area contributed by atoms with Crippen LogP contribution in [0.4, 0.5) is 5.82 Å². The standard InChI is InChI=1S/C15H19N3O2/c1-10-6-5-7-13(12(10)3)20-9-15(19)16-14-8-11(2)17-18(14)4/h5-8H,9H2,1-4H3,(H,16,19). The Morgan fingerprint density at radius 1 is 1.35 bits per heavy atom. The number of aryl methyl sites for hydroxylation is 3. The first-order valence-electron chi connectivity index (χ1n) is 6.47. The van der Waals surface area contributed by atoms with Gasteiger partial charge in [0.25, 0.3) is 5.91 Å². The summed E-state index contributed by atoms with van der Waals surface area (Å²) < 4.78 is 7.19. The number of rotatable bonds is 4. The summed E-state index contributed by atoms with van der Waals surface area (Å²) in [6.07, 6.45) is 0. The van der Waals surface area contributed by atoms with Crippen molar-refractivity contribution in [3.63, 3.8) is 0 Å². The molecule has 0 bridgehead atoms. The van der Waals surface area contributed by atoms with Gasteiger partial charge in [0.15, 0.2) is 6.61 Å². The molecule has 1 amide bonds. The number of hydrogen-bond donors (Lipinski definition) is 1. The zero-order chi connectivity index (χ0) is 14.7. The van der Waals surface area contributed by atoms with Crippen LogP contribution in [0.2, 0.25) is 0 Å². The smallest absolute Gasteiger partial charge is 0.263 e. The van der Waals surface area contributed by atoms with Crippen molar-refractivity contribution in [3.8, 4) is 5.75 Å². The quantitative estimate of drug-likeness (QED) is 0.930. The first-order chi connectivity index (χ1) is 9.47. The van der Waals surface area contributed by atoms with E-state index in [1.807, 2.05) is 45.0 Å². The van der Waals surface area contributed by atoms with Gasteiger partial charge in [0, 0.05) is 13.1 Å². The number of nitrogens with zero attached hydrogens (tertiary/aromatic N) is 2. The Labute approximate surface area is 118 Å². The SMILES string of the molecule is Cc1cc(NC(=O)COc2cccc(C)c2C)n(C)n1. The summed E-state index contributed by atoms with van der Waals surface area (Å²) in [6, 6.07) is 7.61. The van der Waals surface area contributed by atoms with Crippen molar-refractivity contribution in [2.75, 3.05) is 11.9 Å². The Balaban J connectivity index is 1.96. The lowest BCUT2D eigenvalue weighted by Crippen LogP contribution is -2.21. The normalized spacial score (nSPS) is 10.4. The first-order valence-corrected chi connectivity index (χ1v) is 6.47. The van der Waals surface area contributed by atoms with Gasteiger partial charge < -0.3 is 10.1 Å². The molecule has 0 aliphatic heterocycles. The number of amides is 1. The maximum absolute atomic E-state index is 11.9. The third-order valence-corrected chi connectivity index (χ3v) is 3.18. The van der Waals surface area contributed by atoms with Crippen molar-refractivity contribution >= 4 is 11.7 Å². The van der Waals surface area contributed by atoms with Gasteiger partial charge in [0.1, 0.15) is 11.6 Å². The van der Waals surface area contributed by atoms with Gasteiger partial charge in [-0.05, 0) is 38.0 Å². The van der Waals surface area contributed by atoms with Crippen molar-refractivity contribution in [1.29, 1.82) is 0 Å². The second-order valence-electron chi connectivity index (χ2n) is 4.83. The zero-order valence-electron chi connectivity index (χ0n) is 12.2. The maximum atomic E-state index is 11.9. The fourth-order valence-corrected chi connectivity index (χ4v) is 1.93. The van der Waals surface area contributed by atoms with E-state index in [9.17, 15) is 4.79 Å². The van der Waals surface area contributed by atoms with Gasteiger partial charge in [-0.15, -0.1) is 0 Å². The molecule has 0 atom stereocenters. The molecule has 5 nitrogen and oxygen atoms in total. The maximum Gasteiger partial charge on any atom is 0.263 e. The summed E-state index contributed by atoms with van der Waals surface area (Å²) in [4.78, 5) is 11.9. The molecule has 1 aromatic carbocycles. The minimum atomic E-state index is -0.200. The second kappa shape index (κ2) is 5.77. The molecule has 5 heteroatoms. The van der Waals surface area contributed by atoms with Crippen molar-refractivity contribution in [1.82, 2.24) is 9.78 Å². The van der Waals surface area contributed by atoms with Crippen LogP contribution >= 0.6 is 0 Å². The Bertz CT molecular complexity index is 632. The first kappa shape index (κ1) is 14.1. The monoisotopic (exact) mass is 273 g/mol. The largest absolute Gasteiger partial charge is 0.483 e. The topological polar surface area (TPSA) is 56.1 Å². The van der Waals surface area contributed by atoms with E-state index in [1.165, 1.54) is 0 Å². The van der Waals surface area contributed by atoms with E-state index in [0.29, 0.717) is 5.82 Å². The molecule has 106 valence electrons. The molecule has 0 aliphatic carbocycles. The highest BCUT2D eigenvalue weighted by Crippen LogP contribution is 2.20. The van der Waals surface area contributed by atoms with Gasteiger partial charge in [-0.1, -0.05) is 12.1 Å². The van der Waals surface area contributed by atoms with Gasteiger partial charge in [0.2, 0.25) is 0 Å². The Morgan fingerprint density at radius 2 is 2.10 bits per heavy atom. The molecule has 1 aromatic heterocycles. The lowest BCUT2D eigenvalue weighted by Gasteiger charge is -2.11. The highest BCUT2D eigenvalue weighted by atomic mass is 16.5. The summed E-state index contributed by atoms with van der Waals surface area (Å²) in [5.41, 5.74) is 3.06. The fourth-order valence-electron chi connectivity index (χ4n) is 1.93. The molecule has 1 N–H and O–H groups in total. The predicted octanol–water partition coefficient (Wildman–Crippen LogP) is 2.36. The molecule has 0 saturated heterocycles. The van der Waals surface area contributed by atoms with Gasteiger partial charge >= 0.3 is 0 Å². The molecule has 2 rings (SSSR count). The van der Waals surface area contributed by atoms with Crippen LogP contribution in [0.3, 0.4) is 0 Å². The number of nitrogens with one attached hydrogen (secondary N) is 1. The molecule has 0 spiro atoms. The van der Waals surface area contributed by atoms with Crippen LogP contribution in [0.1, 0.15) is 16.8 Å². The average molecular weight is 273 g/mol. The Hall–Kier alpha value is -2.30. The summed E-state index contributed by atoms with van der Waals surface area (Å²) in [6.45, 7) is 5.85. The van der Waals surface area contributed by atoms with E-state index in [1.54, 1.807) is 11.7 Å². The van der Waals surface area contributed by atoms with Crippen LogP contribution in [0, 0.1) is 20.8 Å². The minimum Gasteiger partial charge on any atom is -0.483 e. The van der Waals surface area contributed by atoms with E-state index in [-0.39, 0.29) is 12.5 Å². The number of aromatic nitrogens is 2. The molecule has 2 aromatic rings. The third kappa shape index (κ3) is 3.17. The summed E-state index contributed by atoms with van der Waals surface area (Å²) in [5.74, 6) is 1.20. The van der Waals surface area contributed by atoms with Gasteiger partial charge in [0.05, 0.1) is 5.69 Å². The van der Waals surface area contributed by atoms with E-state index in [0.717, 1.165) is 22.6 Å². The van der Waals surface area contributed by atoms with Crippen LogP contribution in [0.5, 0.6) is 5.75 Å². The molecule has 0 fully saturated rings. The number of benzene rings is 1. The summed E-state index contributed by atoms with van der Waals surface area (Å²) >= 11 is 0. The van der Waals surface area contributed by atoms with E-state index in [4.69, 9.17) is 4.74 Å². The van der Waals surface area contributed by atoms with E-state index < -0.39 is 0 Å². The predicted molar refractivity (Wildman–Crippen MR) is 78.0 cm³/mol. The molecule has 0 unspecified atom stereocenters. The molecular weight excluding hydrogens is 254 g/mol. The van der Waals surface area contributed by atoms with Crippen molar-refractivity contribution in [2.45, 2.75) is 20.8 Å². The molecular formula is C15H19N3O2. The van der Waals surface area contributed by atoms with Crippen molar-refractivity contribution < 1.29 is 9.53 Å². The van der Waals surface area contributed by atoms with Crippen LogP contribution in [-0.2, 0) is 11.8 Å². The second-order valence-corrected chi connectivity index (χ2v) is 4.83. The van der Waals surface area contributed by atoms with Gasteiger partial charge in [-0.3, -0.25) is 9.48 Å². The molecule has 0 saturated carbocycles. The van der Waals surface area contributed by atoms with Crippen molar-refractivity contribution in [2.24, 2.45) is 7.05 Å². The Kier molecular flexibility index (Phi) is 4.08. The zero-order valence-corrected chi connectivity index (χ0v) is 12.2. The van der Waals surface area contributed by atoms with Gasteiger partial charge in [-0.25, -0.2) is 0 Å². The van der Waals surface area contributed by atoms with Crippen LogP contribution in [-0.4, -0.2) is 22.3 Å². The lowest BCUT2D eigenvalue weighted by molar-refractivity contribution is -0.118. The highest BCUT2D eigenvalue weighted by molar-refractivity contribution is 5.91. The summed E-state index contributed by atoms with van der Waals surface area (Å²) in [5, 5.41) is 6.94. The van der Waals surface area contributed by atoms with Crippen molar-refractivity contribution in [3.05, 3.63) is 41.1 Å². The average Bonchev–Trinajstić information content (AvgIpc) is 2.69. The number of carbonyl (C=O) groups is 1. The molecule has 20 heavy (non-hydrogen) atoms. The number of carbonyl (C=O) groups excluding carboxylic acids is 1. The Morgan fingerprint density at radius 3 is 2.75 bits per heavy atom. The van der Waals surface area contributed by atoms with Gasteiger partial charge in [-0.2, -0.15) is 5.10 Å². The van der Waals surface area contributed by atoms with Crippen LogP contribution < -0.4 is 10.1 Å². The van der Waals surface area contributed by atoms with E-state index in [2.05, 4.69) is 10.4 Å². The summed E-state index contributed by atoms with van der Waals surface area (Å²) in [7, 11) is 1.79. The molecule has 0 radical (unpaired) electrons. The lowest BCUT2D eigenvalue weighted by atomic mass is 10.1. The number of anilines is 1.